The second-order valence-corrected chi connectivity index (χ2v) is 4.98. The molecule has 1 aliphatic rings. The fourth-order valence-corrected chi connectivity index (χ4v) is 2.68. The molecule has 5 nitrogen and oxygen atoms in total. The molecule has 102 valence electrons. The molecule has 0 aromatic rings. The monoisotopic (exact) mass is 252 g/mol. The molecular weight excluding hydrogens is 228 g/mol. The van der Waals surface area contributed by atoms with Crippen molar-refractivity contribution >= 4 is 6.03 Å². The lowest BCUT2D eigenvalue weighted by molar-refractivity contribution is 0.0733. The van der Waals surface area contributed by atoms with E-state index in [9.17, 15) is 10.1 Å². The Hall–Kier alpha value is -1.28. The zero-order valence-corrected chi connectivity index (χ0v) is 11.9. The van der Waals surface area contributed by atoms with Gasteiger partial charge in [-0.05, 0) is 25.9 Å². The molecule has 1 heterocycles. The average Bonchev–Trinajstić information content (AvgIpc) is 2.39. The molecule has 2 amide bonds. The predicted molar refractivity (Wildman–Crippen MR) is 71.2 cm³/mol. The maximum Gasteiger partial charge on any atom is 0.319 e. The Morgan fingerprint density at radius 2 is 1.78 bits per heavy atom. The molecule has 1 fully saturated rings. The van der Waals surface area contributed by atoms with Crippen LogP contribution in [0.1, 0.15) is 26.7 Å². The van der Waals surface area contributed by atoms with Crippen LogP contribution in [0, 0.1) is 11.3 Å². The summed E-state index contributed by atoms with van der Waals surface area (Å²) >= 11 is 0. The first kappa shape index (κ1) is 14.8. The maximum atomic E-state index is 11.9. The van der Waals surface area contributed by atoms with Crippen LogP contribution < -0.4 is 0 Å². The van der Waals surface area contributed by atoms with Crippen LogP contribution in [-0.4, -0.2) is 66.5 Å². The molecule has 1 rings (SSSR count). The van der Waals surface area contributed by atoms with Crippen molar-refractivity contribution in [3.8, 4) is 6.07 Å². The topological polar surface area (TPSA) is 50.6 Å². The molecule has 0 atom stereocenters. The Bertz CT molecular complexity index is 322. The summed E-state index contributed by atoms with van der Waals surface area (Å²) in [5.41, 5.74) is -0.382. The molecule has 18 heavy (non-hydrogen) atoms. The molecule has 0 aromatic heterocycles. The average molecular weight is 252 g/mol. The number of urea groups is 1. The third-order valence-electron chi connectivity index (χ3n) is 3.82. The number of carbonyl (C=O) groups excluding carboxylic acids is 1. The van der Waals surface area contributed by atoms with Gasteiger partial charge in [0.1, 0.15) is 5.54 Å². The maximum absolute atomic E-state index is 11.9. The highest BCUT2D eigenvalue weighted by Crippen LogP contribution is 2.28. The molecule has 0 aliphatic carbocycles. The first-order chi connectivity index (χ1) is 8.50. The van der Waals surface area contributed by atoms with Gasteiger partial charge in [0.05, 0.1) is 6.07 Å². The summed E-state index contributed by atoms with van der Waals surface area (Å²) in [6.07, 6.45) is 1.48. The van der Waals surface area contributed by atoms with Crippen LogP contribution >= 0.6 is 0 Å². The highest BCUT2D eigenvalue weighted by molar-refractivity contribution is 5.74. The standard InChI is InChI=1S/C13H24N4O/c1-5-17(6-2)13(11-14)7-9-16(10-8-13)12(18)15(3)4/h5-10H2,1-4H3. The molecule has 0 aromatic carbocycles. The van der Waals surface area contributed by atoms with Gasteiger partial charge in [0.25, 0.3) is 0 Å². The summed E-state index contributed by atoms with van der Waals surface area (Å²) in [6, 6.07) is 2.53. The Balaban J connectivity index is 2.71. The minimum atomic E-state index is -0.382. The van der Waals surface area contributed by atoms with Gasteiger partial charge in [-0.15, -0.1) is 0 Å². The molecule has 1 aliphatic heterocycles. The summed E-state index contributed by atoms with van der Waals surface area (Å²) in [6.45, 7) is 7.26. The van der Waals surface area contributed by atoms with Gasteiger partial charge in [0, 0.05) is 27.2 Å². The van der Waals surface area contributed by atoms with E-state index in [0.717, 1.165) is 25.9 Å². The van der Waals surface area contributed by atoms with Crippen LogP contribution in [0.2, 0.25) is 0 Å². The highest BCUT2D eigenvalue weighted by atomic mass is 16.2. The molecule has 0 spiro atoms. The van der Waals surface area contributed by atoms with E-state index < -0.39 is 0 Å². The van der Waals surface area contributed by atoms with Crippen LogP contribution in [-0.2, 0) is 0 Å². The lowest BCUT2D eigenvalue weighted by atomic mass is 9.87. The lowest BCUT2D eigenvalue weighted by Crippen LogP contribution is -2.56. The van der Waals surface area contributed by atoms with Crippen molar-refractivity contribution < 1.29 is 4.79 Å². The SMILES string of the molecule is CCN(CC)C1(C#N)CCN(C(=O)N(C)C)CC1. The zero-order chi connectivity index (χ0) is 13.8. The second-order valence-electron chi connectivity index (χ2n) is 4.98. The van der Waals surface area contributed by atoms with Gasteiger partial charge >= 0.3 is 6.03 Å². The number of likely N-dealkylation sites (tertiary alicyclic amines) is 1. The van der Waals surface area contributed by atoms with Gasteiger partial charge in [-0.3, -0.25) is 4.90 Å². The smallest absolute Gasteiger partial charge is 0.319 e. The minimum Gasteiger partial charge on any atom is -0.331 e. The minimum absolute atomic E-state index is 0.0427. The fraction of sp³-hybridized carbons (Fsp3) is 0.846. The Morgan fingerprint density at radius 3 is 2.11 bits per heavy atom. The zero-order valence-electron chi connectivity index (χ0n) is 11.9. The van der Waals surface area contributed by atoms with Crippen LogP contribution in [0.15, 0.2) is 0 Å². The van der Waals surface area contributed by atoms with Crippen LogP contribution in [0.4, 0.5) is 4.79 Å². The normalized spacial score (nSPS) is 18.6. The number of carbonyl (C=O) groups is 1. The Kier molecular flexibility index (Phi) is 4.97. The van der Waals surface area contributed by atoms with Gasteiger partial charge in [-0.2, -0.15) is 5.26 Å². The van der Waals surface area contributed by atoms with Crippen molar-refractivity contribution in [2.45, 2.75) is 32.2 Å². The molecule has 5 heteroatoms. The molecule has 0 N–H and O–H groups in total. The number of hydrogen-bond acceptors (Lipinski definition) is 3. The summed E-state index contributed by atoms with van der Waals surface area (Å²) in [5, 5.41) is 9.50. The second kappa shape index (κ2) is 6.05. The number of amides is 2. The Morgan fingerprint density at radius 1 is 1.28 bits per heavy atom. The summed E-state index contributed by atoms with van der Waals surface area (Å²) in [7, 11) is 3.53. The third kappa shape index (κ3) is 2.75. The van der Waals surface area contributed by atoms with Crippen molar-refractivity contribution in [1.29, 1.82) is 5.26 Å². The van der Waals surface area contributed by atoms with Crippen LogP contribution in [0.25, 0.3) is 0 Å². The van der Waals surface area contributed by atoms with E-state index in [4.69, 9.17) is 0 Å². The fourth-order valence-electron chi connectivity index (χ4n) is 2.68. The van der Waals surface area contributed by atoms with Crippen LogP contribution in [0.3, 0.4) is 0 Å². The van der Waals surface area contributed by atoms with Gasteiger partial charge in [0.15, 0.2) is 0 Å². The van der Waals surface area contributed by atoms with Crippen molar-refractivity contribution in [1.82, 2.24) is 14.7 Å². The largest absolute Gasteiger partial charge is 0.331 e. The lowest BCUT2D eigenvalue weighted by Gasteiger charge is -2.44. The highest BCUT2D eigenvalue weighted by Gasteiger charge is 2.40. The number of hydrogen-bond donors (Lipinski definition) is 0. The van der Waals surface area contributed by atoms with E-state index in [-0.39, 0.29) is 11.6 Å². The van der Waals surface area contributed by atoms with Gasteiger partial charge in [-0.25, -0.2) is 4.79 Å². The van der Waals surface area contributed by atoms with E-state index in [2.05, 4.69) is 24.8 Å². The summed E-state index contributed by atoms with van der Waals surface area (Å²) < 4.78 is 0. The van der Waals surface area contributed by atoms with Crippen molar-refractivity contribution in [3.63, 3.8) is 0 Å². The van der Waals surface area contributed by atoms with E-state index in [0.29, 0.717) is 13.1 Å². The van der Waals surface area contributed by atoms with Crippen LogP contribution in [0.5, 0.6) is 0 Å². The van der Waals surface area contributed by atoms with E-state index in [1.165, 1.54) is 0 Å². The number of rotatable bonds is 3. The summed E-state index contributed by atoms with van der Waals surface area (Å²) in [4.78, 5) is 17.5. The van der Waals surface area contributed by atoms with Crippen molar-refractivity contribution in [2.75, 3.05) is 40.3 Å². The first-order valence-corrected chi connectivity index (χ1v) is 6.63. The van der Waals surface area contributed by atoms with Crippen molar-refractivity contribution in [3.05, 3.63) is 0 Å². The number of nitrogens with zero attached hydrogens (tertiary/aromatic N) is 4. The molecule has 0 saturated carbocycles. The first-order valence-electron chi connectivity index (χ1n) is 6.63. The quantitative estimate of drug-likeness (QED) is 0.762. The summed E-state index contributed by atoms with van der Waals surface area (Å²) in [5.74, 6) is 0. The molecule has 0 unspecified atom stereocenters. The third-order valence-corrected chi connectivity index (χ3v) is 3.82. The molecule has 1 saturated heterocycles. The molecule has 0 radical (unpaired) electrons. The van der Waals surface area contributed by atoms with E-state index in [1.54, 1.807) is 19.0 Å². The number of nitriles is 1. The number of piperidine rings is 1. The van der Waals surface area contributed by atoms with E-state index >= 15 is 0 Å². The Labute approximate surface area is 110 Å². The molecular formula is C13H24N4O. The van der Waals surface area contributed by atoms with Crippen molar-refractivity contribution in [2.24, 2.45) is 0 Å². The molecule has 0 bridgehead atoms. The van der Waals surface area contributed by atoms with E-state index in [1.807, 2.05) is 4.90 Å². The van der Waals surface area contributed by atoms with Gasteiger partial charge < -0.3 is 9.80 Å². The predicted octanol–water partition coefficient (Wildman–Crippen LogP) is 1.37. The van der Waals surface area contributed by atoms with Gasteiger partial charge in [0.2, 0.25) is 0 Å². The van der Waals surface area contributed by atoms with Gasteiger partial charge in [-0.1, -0.05) is 13.8 Å².